The van der Waals surface area contributed by atoms with Crippen LogP contribution in [0.1, 0.15) is 24.8 Å². The molecule has 0 aliphatic carbocycles. The van der Waals surface area contributed by atoms with Crippen LogP contribution in [-0.2, 0) is 10.0 Å². The number of nitrogens with one attached hydrogen (secondary N) is 2. The molecular weight excluding hydrogens is 310 g/mol. The average molecular weight is 328 g/mol. The minimum Gasteiger partial charge on any atom is -0.316 e. The van der Waals surface area contributed by atoms with Gasteiger partial charge >= 0.3 is 0 Å². The first-order valence-electron chi connectivity index (χ1n) is 6.93. The van der Waals surface area contributed by atoms with E-state index in [4.69, 9.17) is 16.9 Å². The van der Waals surface area contributed by atoms with E-state index in [2.05, 4.69) is 10.0 Å². The Morgan fingerprint density at radius 2 is 2.29 bits per heavy atom. The fraction of sp³-hybridized carbons (Fsp3) is 0.500. The summed E-state index contributed by atoms with van der Waals surface area (Å²) in [6.45, 7) is 2.41. The number of piperidine rings is 1. The van der Waals surface area contributed by atoms with Gasteiger partial charge in [0.2, 0.25) is 10.0 Å². The maximum Gasteiger partial charge on any atom is 0.240 e. The van der Waals surface area contributed by atoms with Crippen LogP contribution in [0, 0.1) is 17.2 Å². The molecule has 0 aromatic heterocycles. The van der Waals surface area contributed by atoms with Gasteiger partial charge in [0.1, 0.15) is 6.07 Å². The summed E-state index contributed by atoms with van der Waals surface area (Å²) in [6.07, 6.45) is 3.09. The Balaban J connectivity index is 1.95. The summed E-state index contributed by atoms with van der Waals surface area (Å²) < 4.78 is 26.9. The van der Waals surface area contributed by atoms with Gasteiger partial charge in [-0.25, -0.2) is 13.1 Å². The van der Waals surface area contributed by atoms with Gasteiger partial charge in [-0.15, -0.1) is 0 Å². The number of sulfonamides is 1. The summed E-state index contributed by atoms with van der Waals surface area (Å²) in [4.78, 5) is 0.0910. The largest absolute Gasteiger partial charge is 0.316 e. The maximum absolute atomic E-state index is 12.2. The van der Waals surface area contributed by atoms with Crippen LogP contribution < -0.4 is 10.0 Å². The lowest BCUT2D eigenvalue weighted by atomic mass is 9.96. The van der Waals surface area contributed by atoms with Crippen molar-refractivity contribution < 1.29 is 8.42 Å². The van der Waals surface area contributed by atoms with Crippen molar-refractivity contribution in [2.24, 2.45) is 5.92 Å². The first-order chi connectivity index (χ1) is 10.0. The molecule has 7 heteroatoms. The van der Waals surface area contributed by atoms with Crippen molar-refractivity contribution in [3.05, 3.63) is 28.8 Å². The highest BCUT2D eigenvalue weighted by Crippen LogP contribution is 2.20. The topological polar surface area (TPSA) is 82.0 Å². The fourth-order valence-electron chi connectivity index (χ4n) is 2.40. The molecule has 1 heterocycles. The van der Waals surface area contributed by atoms with Crippen LogP contribution in [0.4, 0.5) is 0 Å². The van der Waals surface area contributed by atoms with Gasteiger partial charge in [0.25, 0.3) is 0 Å². The molecule has 0 amide bonds. The molecule has 5 nitrogen and oxygen atoms in total. The molecule has 1 aromatic carbocycles. The highest BCUT2D eigenvalue weighted by Gasteiger charge is 2.17. The van der Waals surface area contributed by atoms with Crippen molar-refractivity contribution in [3.63, 3.8) is 0 Å². The molecule has 0 radical (unpaired) electrons. The Morgan fingerprint density at radius 1 is 1.48 bits per heavy atom. The van der Waals surface area contributed by atoms with Crippen LogP contribution in [0.15, 0.2) is 23.1 Å². The minimum atomic E-state index is -3.57. The van der Waals surface area contributed by atoms with Gasteiger partial charge in [0, 0.05) is 6.54 Å². The van der Waals surface area contributed by atoms with Gasteiger partial charge in [0.15, 0.2) is 0 Å². The average Bonchev–Trinajstić information content (AvgIpc) is 2.48. The van der Waals surface area contributed by atoms with Crippen LogP contribution >= 0.6 is 11.6 Å². The van der Waals surface area contributed by atoms with E-state index in [0.29, 0.717) is 12.5 Å². The molecule has 1 fully saturated rings. The molecular formula is C14H18ClN3O2S. The monoisotopic (exact) mass is 327 g/mol. The third-order valence-corrected chi connectivity index (χ3v) is 5.39. The third-order valence-electron chi connectivity index (χ3n) is 3.61. The number of hydrogen-bond acceptors (Lipinski definition) is 4. The highest BCUT2D eigenvalue weighted by atomic mass is 35.5. The number of nitrogens with zero attached hydrogens (tertiary/aromatic N) is 1. The molecule has 0 spiro atoms. The molecule has 0 bridgehead atoms. The van der Waals surface area contributed by atoms with Crippen LogP contribution in [-0.4, -0.2) is 28.1 Å². The molecule has 114 valence electrons. The number of benzene rings is 1. The molecule has 1 atom stereocenters. The molecule has 0 saturated carbocycles. The zero-order valence-corrected chi connectivity index (χ0v) is 13.2. The van der Waals surface area contributed by atoms with Crippen LogP contribution in [0.25, 0.3) is 0 Å². The van der Waals surface area contributed by atoms with Gasteiger partial charge in [-0.3, -0.25) is 0 Å². The van der Waals surface area contributed by atoms with Gasteiger partial charge in [-0.1, -0.05) is 11.6 Å². The van der Waals surface area contributed by atoms with Crippen LogP contribution in [0.5, 0.6) is 0 Å². The van der Waals surface area contributed by atoms with E-state index in [0.717, 1.165) is 32.4 Å². The summed E-state index contributed by atoms with van der Waals surface area (Å²) in [5, 5.41) is 12.3. The van der Waals surface area contributed by atoms with E-state index in [-0.39, 0.29) is 15.5 Å². The SMILES string of the molecule is N#Cc1ccc(S(=O)(=O)NCCC2CCCNC2)cc1Cl. The maximum atomic E-state index is 12.2. The predicted molar refractivity (Wildman–Crippen MR) is 81.6 cm³/mol. The van der Waals surface area contributed by atoms with Crippen molar-refractivity contribution in [2.75, 3.05) is 19.6 Å². The molecule has 1 aliphatic heterocycles. The van der Waals surface area contributed by atoms with Crippen molar-refractivity contribution in [1.29, 1.82) is 5.26 Å². The number of hydrogen-bond donors (Lipinski definition) is 2. The summed E-state index contributed by atoms with van der Waals surface area (Å²) in [5.74, 6) is 0.519. The fourth-order valence-corrected chi connectivity index (χ4v) is 3.77. The normalized spacial score (nSPS) is 19.1. The van der Waals surface area contributed by atoms with E-state index >= 15 is 0 Å². The summed E-state index contributed by atoms with van der Waals surface area (Å²) in [7, 11) is -3.57. The Labute approximate surface area is 130 Å². The molecule has 1 saturated heterocycles. The van der Waals surface area contributed by atoms with Gasteiger partial charge in [-0.2, -0.15) is 5.26 Å². The smallest absolute Gasteiger partial charge is 0.240 e. The van der Waals surface area contributed by atoms with E-state index < -0.39 is 10.0 Å². The first kappa shape index (κ1) is 16.2. The van der Waals surface area contributed by atoms with Gasteiger partial charge < -0.3 is 5.32 Å². The van der Waals surface area contributed by atoms with Gasteiger partial charge in [0.05, 0.1) is 15.5 Å². The Kier molecular flexibility index (Phi) is 5.59. The van der Waals surface area contributed by atoms with Gasteiger partial charge in [-0.05, 0) is 56.5 Å². The second-order valence-corrected chi connectivity index (χ2v) is 7.33. The molecule has 21 heavy (non-hydrogen) atoms. The van der Waals surface area contributed by atoms with E-state index in [1.54, 1.807) is 0 Å². The number of rotatable bonds is 5. The zero-order valence-electron chi connectivity index (χ0n) is 11.6. The number of halogens is 1. The molecule has 2 rings (SSSR count). The Bertz CT molecular complexity index is 634. The lowest BCUT2D eigenvalue weighted by Gasteiger charge is -2.22. The Hall–Kier alpha value is -1.13. The summed E-state index contributed by atoms with van der Waals surface area (Å²) in [6, 6.07) is 6.03. The van der Waals surface area contributed by atoms with Crippen molar-refractivity contribution in [3.8, 4) is 6.07 Å². The Morgan fingerprint density at radius 3 is 2.90 bits per heavy atom. The third kappa shape index (κ3) is 4.42. The quantitative estimate of drug-likeness (QED) is 0.865. The van der Waals surface area contributed by atoms with Crippen LogP contribution in [0.3, 0.4) is 0 Å². The summed E-state index contributed by atoms with van der Waals surface area (Å²) in [5.41, 5.74) is 0.267. The van der Waals surface area contributed by atoms with Crippen molar-refractivity contribution in [2.45, 2.75) is 24.2 Å². The van der Waals surface area contributed by atoms with E-state index in [9.17, 15) is 8.42 Å². The first-order valence-corrected chi connectivity index (χ1v) is 8.79. The van der Waals surface area contributed by atoms with E-state index in [1.807, 2.05) is 6.07 Å². The minimum absolute atomic E-state index is 0.0910. The predicted octanol–water partition coefficient (Wildman–Crippen LogP) is 1.88. The van der Waals surface area contributed by atoms with Crippen molar-refractivity contribution >= 4 is 21.6 Å². The van der Waals surface area contributed by atoms with Crippen LogP contribution in [0.2, 0.25) is 5.02 Å². The second kappa shape index (κ2) is 7.23. The van der Waals surface area contributed by atoms with Crippen molar-refractivity contribution in [1.82, 2.24) is 10.0 Å². The summed E-state index contributed by atoms with van der Waals surface area (Å²) >= 11 is 5.87. The molecule has 1 aromatic rings. The molecule has 1 unspecified atom stereocenters. The standard InChI is InChI=1S/C14H18ClN3O2S/c15-14-8-13(4-3-12(14)9-16)21(19,20)18-7-5-11-2-1-6-17-10-11/h3-4,8,11,17-18H,1-2,5-7,10H2. The molecule has 2 N–H and O–H groups in total. The zero-order chi connectivity index (χ0) is 15.3. The highest BCUT2D eigenvalue weighted by molar-refractivity contribution is 7.89. The van der Waals surface area contributed by atoms with E-state index in [1.165, 1.54) is 18.2 Å². The second-order valence-electron chi connectivity index (χ2n) is 5.15. The lowest BCUT2D eigenvalue weighted by Crippen LogP contribution is -2.33. The molecule has 1 aliphatic rings. The number of nitriles is 1. The lowest BCUT2D eigenvalue weighted by molar-refractivity contribution is 0.358.